The Morgan fingerprint density at radius 2 is 1.84 bits per heavy atom. The van der Waals surface area contributed by atoms with Gasteiger partial charge in [0.05, 0.1) is 18.1 Å². The fourth-order valence-electron chi connectivity index (χ4n) is 3.30. The maximum Gasteiger partial charge on any atom is 0.241 e. The molecule has 4 rings (SSSR count). The first kappa shape index (κ1) is 16.7. The van der Waals surface area contributed by atoms with E-state index >= 15 is 0 Å². The van der Waals surface area contributed by atoms with Gasteiger partial charge in [-0.05, 0) is 53.9 Å². The molecular weight excluding hydrogens is 343 g/mol. The highest BCUT2D eigenvalue weighted by Gasteiger charge is 2.44. The quantitative estimate of drug-likeness (QED) is 0.868. The molecule has 0 radical (unpaired) electrons. The Morgan fingerprint density at radius 1 is 1.08 bits per heavy atom. The summed E-state index contributed by atoms with van der Waals surface area (Å²) < 4.78 is 47.0. The van der Waals surface area contributed by atoms with Gasteiger partial charge in [-0.2, -0.15) is 4.72 Å². The van der Waals surface area contributed by atoms with E-state index in [0.29, 0.717) is 12.1 Å². The van der Waals surface area contributed by atoms with Crippen LogP contribution in [0.1, 0.15) is 16.7 Å². The maximum absolute atomic E-state index is 13.2. The molecule has 5 nitrogen and oxygen atoms in total. The number of fused-ring (bicyclic) bond motifs is 1. The zero-order valence-electron chi connectivity index (χ0n) is 13.6. The standard InChI is InChI=1S/C18H19FN2O3S/c19-16-4-2-15(3-5-16)18(11-24-12-18)21-25(22,23)17-6-1-13-7-8-20-10-14(13)9-17/h1-6,9,20-21H,7-8,10-12H2. The molecule has 2 aliphatic heterocycles. The summed E-state index contributed by atoms with van der Waals surface area (Å²) in [5.74, 6) is -0.357. The molecule has 2 aromatic carbocycles. The van der Waals surface area contributed by atoms with Gasteiger partial charge in [-0.3, -0.25) is 0 Å². The van der Waals surface area contributed by atoms with Crippen LogP contribution in [0.4, 0.5) is 4.39 Å². The van der Waals surface area contributed by atoms with Crippen LogP contribution in [0.15, 0.2) is 47.4 Å². The minimum atomic E-state index is -3.72. The van der Waals surface area contributed by atoms with Gasteiger partial charge >= 0.3 is 0 Å². The number of ether oxygens (including phenoxy) is 1. The van der Waals surface area contributed by atoms with Crippen LogP contribution in [0, 0.1) is 5.82 Å². The average molecular weight is 362 g/mol. The van der Waals surface area contributed by atoms with Gasteiger partial charge in [0.15, 0.2) is 0 Å². The Balaban J connectivity index is 1.65. The van der Waals surface area contributed by atoms with Crippen LogP contribution >= 0.6 is 0 Å². The second kappa shape index (κ2) is 6.17. The molecule has 132 valence electrons. The smallest absolute Gasteiger partial charge is 0.241 e. The normalized spacial score (nSPS) is 19.1. The van der Waals surface area contributed by atoms with Crippen LogP contribution in [0.5, 0.6) is 0 Å². The molecule has 2 aromatic rings. The van der Waals surface area contributed by atoms with Crippen LogP contribution in [-0.4, -0.2) is 28.2 Å². The van der Waals surface area contributed by atoms with Crippen molar-refractivity contribution in [3.05, 3.63) is 65.0 Å². The highest BCUT2D eigenvalue weighted by atomic mass is 32.2. The molecule has 2 heterocycles. The maximum atomic E-state index is 13.2. The zero-order valence-corrected chi connectivity index (χ0v) is 14.4. The lowest BCUT2D eigenvalue weighted by Gasteiger charge is -2.42. The summed E-state index contributed by atoms with van der Waals surface area (Å²) in [6.45, 7) is 2.03. The van der Waals surface area contributed by atoms with E-state index in [-0.39, 0.29) is 23.9 Å². The predicted molar refractivity (Wildman–Crippen MR) is 91.1 cm³/mol. The first-order valence-corrected chi connectivity index (χ1v) is 9.67. The van der Waals surface area contributed by atoms with Crippen LogP contribution in [0.2, 0.25) is 0 Å². The third kappa shape index (κ3) is 3.08. The lowest BCUT2D eigenvalue weighted by Crippen LogP contribution is -2.59. The number of benzene rings is 2. The third-order valence-corrected chi connectivity index (χ3v) is 6.33. The molecule has 0 aromatic heterocycles. The lowest BCUT2D eigenvalue weighted by molar-refractivity contribution is -0.0664. The highest BCUT2D eigenvalue weighted by Crippen LogP contribution is 2.32. The number of hydrogen-bond acceptors (Lipinski definition) is 4. The second-order valence-corrected chi connectivity index (χ2v) is 8.23. The first-order chi connectivity index (χ1) is 12.0. The molecule has 0 bridgehead atoms. The third-order valence-electron chi connectivity index (χ3n) is 4.80. The Hall–Kier alpha value is -1.80. The van der Waals surface area contributed by atoms with Crippen molar-refractivity contribution in [3.8, 4) is 0 Å². The summed E-state index contributed by atoms with van der Waals surface area (Å²) in [5.41, 5.74) is 2.04. The summed E-state index contributed by atoms with van der Waals surface area (Å²) in [7, 11) is -3.72. The molecule has 1 saturated heterocycles. The van der Waals surface area contributed by atoms with Crippen molar-refractivity contribution in [2.75, 3.05) is 19.8 Å². The van der Waals surface area contributed by atoms with Crippen LogP contribution in [-0.2, 0) is 33.3 Å². The molecule has 0 amide bonds. The summed E-state index contributed by atoms with van der Waals surface area (Å²) >= 11 is 0. The Bertz CT molecular complexity index is 893. The molecule has 25 heavy (non-hydrogen) atoms. The Kier molecular flexibility index (Phi) is 4.11. The highest BCUT2D eigenvalue weighted by molar-refractivity contribution is 7.89. The van der Waals surface area contributed by atoms with E-state index < -0.39 is 15.6 Å². The molecule has 2 N–H and O–H groups in total. The molecule has 0 aliphatic carbocycles. The number of nitrogens with one attached hydrogen (secondary N) is 2. The van der Waals surface area contributed by atoms with Crippen molar-refractivity contribution in [1.82, 2.24) is 10.0 Å². The van der Waals surface area contributed by atoms with Gasteiger partial charge in [-0.1, -0.05) is 18.2 Å². The summed E-state index contributed by atoms with van der Waals surface area (Å²) in [6, 6.07) is 11.1. The number of hydrogen-bond donors (Lipinski definition) is 2. The van der Waals surface area contributed by atoms with Gasteiger partial charge in [0.25, 0.3) is 0 Å². The minimum absolute atomic E-state index is 0.227. The van der Waals surface area contributed by atoms with Crippen molar-refractivity contribution >= 4 is 10.0 Å². The Labute approximate surface area is 146 Å². The van der Waals surface area contributed by atoms with Gasteiger partial charge in [0.1, 0.15) is 11.4 Å². The van der Waals surface area contributed by atoms with Crippen molar-refractivity contribution < 1.29 is 17.5 Å². The number of sulfonamides is 1. The SMILES string of the molecule is O=S(=O)(NC1(c2ccc(F)cc2)COC1)c1ccc2c(c1)CNCC2. The molecule has 0 spiro atoms. The van der Waals surface area contributed by atoms with Gasteiger partial charge in [-0.15, -0.1) is 0 Å². The van der Waals surface area contributed by atoms with Crippen LogP contribution < -0.4 is 10.0 Å². The van der Waals surface area contributed by atoms with Crippen LogP contribution in [0.3, 0.4) is 0 Å². The van der Waals surface area contributed by atoms with Crippen molar-refractivity contribution in [3.63, 3.8) is 0 Å². The van der Waals surface area contributed by atoms with Crippen molar-refractivity contribution in [2.24, 2.45) is 0 Å². The summed E-state index contributed by atoms with van der Waals surface area (Å²) in [6.07, 6.45) is 0.899. The summed E-state index contributed by atoms with van der Waals surface area (Å²) in [5, 5.41) is 3.25. The molecule has 1 fully saturated rings. The minimum Gasteiger partial charge on any atom is -0.377 e. The zero-order chi connectivity index (χ0) is 17.5. The number of rotatable bonds is 4. The molecule has 0 saturated carbocycles. The lowest BCUT2D eigenvalue weighted by atomic mass is 9.89. The van der Waals surface area contributed by atoms with Crippen molar-refractivity contribution in [1.29, 1.82) is 0 Å². The first-order valence-electron chi connectivity index (χ1n) is 8.19. The van der Waals surface area contributed by atoms with Crippen LogP contribution in [0.25, 0.3) is 0 Å². The monoisotopic (exact) mass is 362 g/mol. The van der Waals surface area contributed by atoms with Gasteiger partial charge < -0.3 is 10.1 Å². The molecular formula is C18H19FN2O3S. The largest absolute Gasteiger partial charge is 0.377 e. The van der Waals surface area contributed by atoms with Gasteiger partial charge in [0, 0.05) is 6.54 Å². The number of halogens is 1. The molecule has 0 unspecified atom stereocenters. The predicted octanol–water partition coefficient (Wildman–Crippen LogP) is 1.68. The molecule has 7 heteroatoms. The van der Waals surface area contributed by atoms with E-state index in [2.05, 4.69) is 10.0 Å². The van der Waals surface area contributed by atoms with Gasteiger partial charge in [0.2, 0.25) is 10.0 Å². The van der Waals surface area contributed by atoms with Crippen molar-refractivity contribution in [2.45, 2.75) is 23.4 Å². The molecule has 0 atom stereocenters. The van der Waals surface area contributed by atoms with E-state index in [1.54, 1.807) is 24.3 Å². The van der Waals surface area contributed by atoms with E-state index in [4.69, 9.17) is 4.74 Å². The molecule has 2 aliphatic rings. The average Bonchev–Trinajstić information content (AvgIpc) is 2.58. The van der Waals surface area contributed by atoms with Gasteiger partial charge in [-0.25, -0.2) is 12.8 Å². The van der Waals surface area contributed by atoms with E-state index in [1.165, 1.54) is 17.7 Å². The fraction of sp³-hybridized carbons (Fsp3) is 0.333. The van der Waals surface area contributed by atoms with E-state index in [1.807, 2.05) is 6.07 Å². The second-order valence-electron chi connectivity index (χ2n) is 6.54. The Morgan fingerprint density at radius 3 is 2.52 bits per heavy atom. The summed E-state index contributed by atoms with van der Waals surface area (Å²) in [4.78, 5) is 0.239. The topological polar surface area (TPSA) is 67.4 Å². The van der Waals surface area contributed by atoms with E-state index in [9.17, 15) is 12.8 Å². The fourth-order valence-corrected chi connectivity index (χ4v) is 4.71. The van der Waals surface area contributed by atoms with E-state index in [0.717, 1.165) is 18.5 Å².